The Morgan fingerprint density at radius 3 is 2.48 bits per heavy atom. The Labute approximate surface area is 124 Å². The van der Waals surface area contributed by atoms with Crippen LogP contribution in [-0.4, -0.2) is 11.1 Å². The van der Waals surface area contributed by atoms with Crippen molar-refractivity contribution in [2.24, 2.45) is 17.3 Å². The molecule has 0 atom stereocenters. The average molecular weight is 296 g/mol. The molecule has 1 aromatic rings. The van der Waals surface area contributed by atoms with E-state index in [1.54, 1.807) is 0 Å². The van der Waals surface area contributed by atoms with Gasteiger partial charge in [0.25, 0.3) is 0 Å². The number of carbonyl (C=O) groups is 1. The lowest BCUT2D eigenvalue weighted by Crippen LogP contribution is -2.38. The second-order valence-corrected chi connectivity index (χ2v) is 6.56. The Kier molecular flexibility index (Phi) is 4.64. The number of aliphatic carboxylic acids is 1. The van der Waals surface area contributed by atoms with E-state index in [9.17, 15) is 18.7 Å². The van der Waals surface area contributed by atoms with Gasteiger partial charge in [-0.25, -0.2) is 8.78 Å². The van der Waals surface area contributed by atoms with Gasteiger partial charge in [-0.05, 0) is 55.6 Å². The topological polar surface area (TPSA) is 37.3 Å². The summed E-state index contributed by atoms with van der Waals surface area (Å²) in [6, 6.07) is 3.97. The summed E-state index contributed by atoms with van der Waals surface area (Å²) in [6.45, 7) is 4.29. The van der Waals surface area contributed by atoms with Crippen LogP contribution >= 0.6 is 0 Å². The normalized spacial score (nSPS) is 26.0. The van der Waals surface area contributed by atoms with Gasteiger partial charge in [-0.2, -0.15) is 0 Å². The van der Waals surface area contributed by atoms with Crippen molar-refractivity contribution < 1.29 is 18.7 Å². The minimum absolute atomic E-state index is 0.0662. The molecule has 1 saturated carbocycles. The second-order valence-electron chi connectivity index (χ2n) is 6.56. The molecule has 0 unspecified atom stereocenters. The monoisotopic (exact) mass is 296 g/mol. The first-order chi connectivity index (χ1) is 9.85. The van der Waals surface area contributed by atoms with Gasteiger partial charge in [0.1, 0.15) is 0 Å². The van der Waals surface area contributed by atoms with Gasteiger partial charge in [0.2, 0.25) is 0 Å². The smallest absolute Gasteiger partial charge is 0.309 e. The molecule has 0 radical (unpaired) electrons. The standard InChI is InChI=1S/C17H22F2O2/c1-11(2)12-6-8-17(9-7-12,16(20)21)10-13-4-3-5-14(18)15(13)19/h3-5,11-12H,6-10H2,1-2H3,(H,20,21). The Hall–Kier alpha value is -1.45. The van der Waals surface area contributed by atoms with E-state index in [0.717, 1.165) is 18.9 Å². The maximum absolute atomic E-state index is 13.8. The first-order valence-electron chi connectivity index (χ1n) is 7.52. The number of carboxylic acids is 1. The maximum atomic E-state index is 13.8. The fraction of sp³-hybridized carbons (Fsp3) is 0.588. The summed E-state index contributed by atoms with van der Waals surface area (Å²) in [5, 5.41) is 9.62. The summed E-state index contributed by atoms with van der Waals surface area (Å²) in [6.07, 6.45) is 2.79. The molecule has 0 amide bonds. The first kappa shape index (κ1) is 15.9. The van der Waals surface area contributed by atoms with E-state index in [1.807, 2.05) is 0 Å². The summed E-state index contributed by atoms with van der Waals surface area (Å²) >= 11 is 0. The molecule has 0 aliphatic heterocycles. The quantitative estimate of drug-likeness (QED) is 0.892. The molecule has 2 rings (SSSR count). The first-order valence-corrected chi connectivity index (χ1v) is 7.52. The highest BCUT2D eigenvalue weighted by Crippen LogP contribution is 2.44. The lowest BCUT2D eigenvalue weighted by Gasteiger charge is -2.38. The molecule has 0 heterocycles. The summed E-state index contributed by atoms with van der Waals surface area (Å²) in [7, 11) is 0. The van der Waals surface area contributed by atoms with E-state index >= 15 is 0 Å². The van der Waals surface area contributed by atoms with Crippen LogP contribution in [0.2, 0.25) is 0 Å². The van der Waals surface area contributed by atoms with Gasteiger partial charge < -0.3 is 5.11 Å². The molecular weight excluding hydrogens is 274 g/mol. The van der Waals surface area contributed by atoms with Crippen molar-refractivity contribution in [3.05, 3.63) is 35.4 Å². The molecule has 1 N–H and O–H groups in total. The van der Waals surface area contributed by atoms with E-state index in [1.165, 1.54) is 12.1 Å². The maximum Gasteiger partial charge on any atom is 0.309 e. The van der Waals surface area contributed by atoms with Gasteiger partial charge in [0.05, 0.1) is 5.41 Å². The zero-order valence-electron chi connectivity index (χ0n) is 12.5. The summed E-state index contributed by atoms with van der Waals surface area (Å²) in [5.74, 6) is -1.67. The Balaban J connectivity index is 2.21. The predicted molar refractivity (Wildman–Crippen MR) is 76.9 cm³/mol. The zero-order valence-corrected chi connectivity index (χ0v) is 12.5. The number of hydrogen-bond acceptors (Lipinski definition) is 1. The summed E-state index contributed by atoms with van der Waals surface area (Å²) < 4.78 is 27.1. The van der Waals surface area contributed by atoms with Crippen LogP contribution in [0, 0.1) is 28.9 Å². The molecule has 0 bridgehead atoms. The van der Waals surface area contributed by atoms with E-state index < -0.39 is 23.0 Å². The van der Waals surface area contributed by atoms with Gasteiger partial charge in [-0.15, -0.1) is 0 Å². The van der Waals surface area contributed by atoms with Crippen LogP contribution in [0.3, 0.4) is 0 Å². The van der Waals surface area contributed by atoms with Crippen molar-refractivity contribution in [1.29, 1.82) is 0 Å². The summed E-state index contributed by atoms with van der Waals surface area (Å²) in [4.78, 5) is 11.7. The molecule has 0 aromatic heterocycles. The van der Waals surface area contributed by atoms with Gasteiger partial charge in [0, 0.05) is 0 Å². The van der Waals surface area contributed by atoms with Crippen LogP contribution in [0.4, 0.5) is 8.78 Å². The van der Waals surface area contributed by atoms with Crippen LogP contribution in [0.25, 0.3) is 0 Å². The molecule has 116 valence electrons. The molecule has 21 heavy (non-hydrogen) atoms. The van der Waals surface area contributed by atoms with Gasteiger partial charge >= 0.3 is 5.97 Å². The SMILES string of the molecule is CC(C)C1CCC(Cc2cccc(F)c2F)(C(=O)O)CC1. The highest BCUT2D eigenvalue weighted by atomic mass is 19.2. The van der Waals surface area contributed by atoms with Crippen LogP contribution in [0.1, 0.15) is 45.1 Å². The Morgan fingerprint density at radius 2 is 1.95 bits per heavy atom. The summed E-state index contributed by atoms with van der Waals surface area (Å²) in [5.41, 5.74) is -0.791. The van der Waals surface area contributed by atoms with Crippen LogP contribution in [0.15, 0.2) is 18.2 Å². The molecule has 0 spiro atoms. The van der Waals surface area contributed by atoms with Crippen LogP contribution in [-0.2, 0) is 11.2 Å². The van der Waals surface area contributed by atoms with E-state index in [4.69, 9.17) is 0 Å². The van der Waals surface area contributed by atoms with E-state index in [2.05, 4.69) is 13.8 Å². The zero-order chi connectivity index (χ0) is 15.6. The highest BCUT2D eigenvalue weighted by Gasteiger charge is 2.43. The van der Waals surface area contributed by atoms with Crippen molar-refractivity contribution in [3.63, 3.8) is 0 Å². The third-order valence-electron chi connectivity index (χ3n) is 4.94. The molecule has 1 aromatic carbocycles. The number of rotatable bonds is 4. The lowest BCUT2D eigenvalue weighted by molar-refractivity contribution is -0.152. The van der Waals surface area contributed by atoms with Crippen molar-refractivity contribution in [2.45, 2.75) is 46.0 Å². The Morgan fingerprint density at radius 1 is 1.33 bits per heavy atom. The molecule has 2 nitrogen and oxygen atoms in total. The van der Waals surface area contributed by atoms with Gasteiger partial charge in [0.15, 0.2) is 11.6 Å². The van der Waals surface area contributed by atoms with Crippen LogP contribution in [0.5, 0.6) is 0 Å². The fourth-order valence-corrected chi connectivity index (χ4v) is 3.38. The van der Waals surface area contributed by atoms with Gasteiger partial charge in [-0.3, -0.25) is 4.79 Å². The van der Waals surface area contributed by atoms with Crippen molar-refractivity contribution in [2.75, 3.05) is 0 Å². The van der Waals surface area contributed by atoms with E-state index in [-0.39, 0.29) is 12.0 Å². The van der Waals surface area contributed by atoms with Crippen molar-refractivity contribution >= 4 is 5.97 Å². The predicted octanol–water partition coefficient (Wildman–Crippen LogP) is 4.42. The van der Waals surface area contributed by atoms with Crippen molar-refractivity contribution in [3.8, 4) is 0 Å². The van der Waals surface area contributed by atoms with Crippen LogP contribution < -0.4 is 0 Å². The van der Waals surface area contributed by atoms with Gasteiger partial charge in [-0.1, -0.05) is 26.0 Å². The Bertz CT molecular complexity index is 518. The minimum atomic E-state index is -0.958. The van der Waals surface area contributed by atoms with E-state index in [0.29, 0.717) is 24.7 Å². The van der Waals surface area contributed by atoms with Crippen molar-refractivity contribution in [1.82, 2.24) is 0 Å². The minimum Gasteiger partial charge on any atom is -0.481 e. The molecule has 1 aliphatic rings. The lowest BCUT2D eigenvalue weighted by atomic mass is 9.65. The highest BCUT2D eigenvalue weighted by molar-refractivity contribution is 5.75. The fourth-order valence-electron chi connectivity index (χ4n) is 3.38. The number of carboxylic acid groups (broad SMARTS) is 1. The molecule has 0 saturated heterocycles. The molecule has 4 heteroatoms. The average Bonchev–Trinajstić information content (AvgIpc) is 2.44. The number of halogens is 2. The largest absolute Gasteiger partial charge is 0.481 e. The second kappa shape index (κ2) is 6.12. The molecule has 1 aliphatic carbocycles. The third kappa shape index (κ3) is 3.25. The number of benzene rings is 1. The molecular formula is C17H22F2O2. The molecule has 1 fully saturated rings. The number of hydrogen-bond donors (Lipinski definition) is 1. The third-order valence-corrected chi connectivity index (χ3v) is 4.94.